The SMILES string of the molecule is C=CC(=O)Nc1cnc(-c2cncc(C(C)C(=O)Cc3ncc(CC)s3)c2)cn1. The number of Topliss-reactive ketones (excluding diaryl/α,β-unsaturated/α-hetero) is 1. The molecule has 0 radical (unpaired) electrons. The van der Waals surface area contributed by atoms with E-state index in [1.807, 2.05) is 19.2 Å². The first-order valence-corrected chi connectivity index (χ1v) is 9.98. The van der Waals surface area contributed by atoms with Crippen molar-refractivity contribution in [2.24, 2.45) is 0 Å². The van der Waals surface area contributed by atoms with Crippen LogP contribution in [-0.4, -0.2) is 31.6 Å². The van der Waals surface area contributed by atoms with Crippen LogP contribution < -0.4 is 5.32 Å². The van der Waals surface area contributed by atoms with Crippen LogP contribution in [0.1, 0.15) is 35.2 Å². The van der Waals surface area contributed by atoms with Gasteiger partial charge in [-0.15, -0.1) is 11.3 Å². The van der Waals surface area contributed by atoms with E-state index in [0.29, 0.717) is 17.9 Å². The van der Waals surface area contributed by atoms with Crippen molar-refractivity contribution >= 4 is 28.8 Å². The Kier molecular flexibility index (Phi) is 6.56. The van der Waals surface area contributed by atoms with Gasteiger partial charge in [0.25, 0.3) is 0 Å². The zero-order chi connectivity index (χ0) is 20.8. The number of nitrogens with one attached hydrogen (secondary N) is 1. The van der Waals surface area contributed by atoms with E-state index >= 15 is 0 Å². The molecule has 0 fully saturated rings. The highest BCUT2D eigenvalue weighted by atomic mass is 32.1. The topological polar surface area (TPSA) is 97.7 Å². The molecular weight excluding hydrogens is 386 g/mol. The fourth-order valence-electron chi connectivity index (χ4n) is 2.63. The molecule has 0 bridgehead atoms. The van der Waals surface area contributed by atoms with Crippen LogP contribution in [0.15, 0.2) is 49.7 Å². The minimum atomic E-state index is -0.352. The standard InChI is InChI=1S/C21H21N5O2S/c1-4-16-10-25-21(29-16)7-18(27)13(3)14-6-15(9-22-8-14)17-11-24-19(12-23-17)26-20(28)5-2/h5-6,8-13H,2,4,7H2,1,3H3,(H,24,26,28). The minimum Gasteiger partial charge on any atom is -0.306 e. The first-order chi connectivity index (χ1) is 14.0. The number of thiazole rings is 1. The van der Waals surface area contributed by atoms with Crippen LogP contribution in [0.3, 0.4) is 0 Å². The zero-order valence-corrected chi connectivity index (χ0v) is 17.1. The maximum absolute atomic E-state index is 12.7. The maximum Gasteiger partial charge on any atom is 0.248 e. The Labute approximate surface area is 173 Å². The summed E-state index contributed by atoms with van der Waals surface area (Å²) in [5, 5.41) is 3.39. The van der Waals surface area contributed by atoms with E-state index < -0.39 is 0 Å². The number of aromatic nitrogens is 4. The van der Waals surface area contributed by atoms with Crippen LogP contribution in [0.4, 0.5) is 5.82 Å². The molecule has 3 aromatic rings. The van der Waals surface area contributed by atoms with Crippen LogP contribution in [-0.2, 0) is 22.4 Å². The van der Waals surface area contributed by atoms with Crippen LogP contribution in [0.25, 0.3) is 11.3 Å². The molecule has 3 aromatic heterocycles. The molecule has 8 heteroatoms. The summed E-state index contributed by atoms with van der Waals surface area (Å²) >= 11 is 1.58. The number of hydrogen-bond acceptors (Lipinski definition) is 7. The van der Waals surface area contributed by atoms with Crippen LogP contribution in [0.2, 0.25) is 0 Å². The predicted octanol–water partition coefficient (Wildman–Crippen LogP) is 3.60. The molecule has 148 valence electrons. The van der Waals surface area contributed by atoms with Gasteiger partial charge in [-0.3, -0.25) is 19.6 Å². The molecule has 0 aliphatic heterocycles. The first-order valence-electron chi connectivity index (χ1n) is 9.17. The molecule has 1 amide bonds. The second kappa shape index (κ2) is 9.29. The average molecular weight is 407 g/mol. The largest absolute Gasteiger partial charge is 0.306 e. The van der Waals surface area contributed by atoms with Gasteiger partial charge in [-0.05, 0) is 24.1 Å². The quantitative estimate of drug-likeness (QED) is 0.573. The molecule has 3 rings (SSSR count). The highest BCUT2D eigenvalue weighted by Gasteiger charge is 2.18. The molecular formula is C21H21N5O2S. The van der Waals surface area contributed by atoms with Gasteiger partial charge in [-0.1, -0.05) is 20.4 Å². The number of anilines is 1. The van der Waals surface area contributed by atoms with E-state index in [4.69, 9.17) is 0 Å². The van der Waals surface area contributed by atoms with Gasteiger partial charge in [-0.25, -0.2) is 9.97 Å². The van der Waals surface area contributed by atoms with Gasteiger partial charge in [0.2, 0.25) is 5.91 Å². The number of ketones is 1. The second-order valence-corrected chi connectivity index (χ2v) is 7.63. The Hall–Kier alpha value is -3.26. The molecule has 0 spiro atoms. The Morgan fingerprint density at radius 2 is 2.00 bits per heavy atom. The summed E-state index contributed by atoms with van der Waals surface area (Å²) in [6, 6.07) is 1.89. The predicted molar refractivity (Wildman–Crippen MR) is 113 cm³/mol. The van der Waals surface area contributed by atoms with Gasteiger partial charge in [0.1, 0.15) is 10.8 Å². The fourth-order valence-corrected chi connectivity index (χ4v) is 3.51. The van der Waals surface area contributed by atoms with Crippen LogP contribution in [0, 0.1) is 0 Å². The zero-order valence-electron chi connectivity index (χ0n) is 16.3. The molecule has 0 saturated carbocycles. The van der Waals surface area contributed by atoms with Crippen molar-refractivity contribution in [2.45, 2.75) is 32.6 Å². The minimum absolute atomic E-state index is 0.0922. The summed E-state index contributed by atoms with van der Waals surface area (Å²) in [6.07, 6.45) is 10.6. The monoisotopic (exact) mass is 407 g/mol. The van der Waals surface area contributed by atoms with E-state index in [0.717, 1.165) is 28.6 Å². The normalized spacial score (nSPS) is 11.7. The molecule has 0 saturated heterocycles. The smallest absolute Gasteiger partial charge is 0.248 e. The molecule has 1 unspecified atom stereocenters. The molecule has 1 N–H and O–H groups in total. The summed E-state index contributed by atoms with van der Waals surface area (Å²) in [5.41, 5.74) is 2.16. The van der Waals surface area contributed by atoms with Crippen molar-refractivity contribution in [3.8, 4) is 11.3 Å². The third kappa shape index (κ3) is 5.17. The van der Waals surface area contributed by atoms with Gasteiger partial charge in [0.05, 0.1) is 24.5 Å². The summed E-state index contributed by atoms with van der Waals surface area (Å²) in [7, 11) is 0. The summed E-state index contributed by atoms with van der Waals surface area (Å²) in [6.45, 7) is 7.34. The molecule has 3 heterocycles. The molecule has 0 aromatic carbocycles. The highest BCUT2D eigenvalue weighted by Crippen LogP contribution is 2.24. The van der Waals surface area contributed by atoms with Crippen molar-refractivity contribution in [1.29, 1.82) is 0 Å². The van der Waals surface area contributed by atoms with E-state index in [1.165, 1.54) is 11.1 Å². The average Bonchev–Trinajstić information content (AvgIpc) is 3.21. The Bertz CT molecular complexity index is 1030. The number of amides is 1. The molecule has 1 atom stereocenters. The Morgan fingerprint density at radius 1 is 1.17 bits per heavy atom. The Balaban J connectivity index is 1.73. The lowest BCUT2D eigenvalue weighted by atomic mass is 9.95. The van der Waals surface area contributed by atoms with Crippen molar-refractivity contribution in [1.82, 2.24) is 19.9 Å². The Morgan fingerprint density at radius 3 is 2.66 bits per heavy atom. The number of aryl methyl sites for hydroxylation is 1. The summed E-state index contributed by atoms with van der Waals surface area (Å²) < 4.78 is 0. The number of rotatable bonds is 8. The second-order valence-electron chi connectivity index (χ2n) is 6.43. The lowest BCUT2D eigenvalue weighted by Gasteiger charge is -2.11. The van der Waals surface area contributed by atoms with E-state index in [1.54, 1.807) is 29.9 Å². The fraction of sp³-hybridized carbons (Fsp3) is 0.238. The number of carbonyl (C=O) groups is 2. The van der Waals surface area contributed by atoms with Gasteiger partial charge in [0.15, 0.2) is 5.82 Å². The van der Waals surface area contributed by atoms with Crippen LogP contribution >= 0.6 is 11.3 Å². The van der Waals surface area contributed by atoms with Crippen LogP contribution in [0.5, 0.6) is 0 Å². The third-order valence-electron chi connectivity index (χ3n) is 4.40. The third-order valence-corrected chi connectivity index (χ3v) is 5.54. The van der Waals surface area contributed by atoms with Gasteiger partial charge >= 0.3 is 0 Å². The molecule has 7 nitrogen and oxygen atoms in total. The lowest BCUT2D eigenvalue weighted by Crippen LogP contribution is -2.12. The van der Waals surface area contributed by atoms with E-state index in [9.17, 15) is 9.59 Å². The highest BCUT2D eigenvalue weighted by molar-refractivity contribution is 7.11. The van der Waals surface area contributed by atoms with Gasteiger partial charge in [-0.2, -0.15) is 0 Å². The van der Waals surface area contributed by atoms with Crippen molar-refractivity contribution in [2.75, 3.05) is 5.32 Å². The van der Waals surface area contributed by atoms with Crippen molar-refractivity contribution < 1.29 is 9.59 Å². The summed E-state index contributed by atoms with van der Waals surface area (Å²) in [5.74, 6) is -0.236. The van der Waals surface area contributed by atoms with Crippen molar-refractivity contribution in [3.05, 3.63) is 65.2 Å². The van der Waals surface area contributed by atoms with E-state index in [-0.39, 0.29) is 17.6 Å². The lowest BCUT2D eigenvalue weighted by molar-refractivity contribution is -0.119. The number of nitrogens with zero attached hydrogens (tertiary/aromatic N) is 4. The van der Waals surface area contributed by atoms with Gasteiger partial charge in [0, 0.05) is 34.9 Å². The molecule has 0 aliphatic carbocycles. The maximum atomic E-state index is 12.7. The molecule has 29 heavy (non-hydrogen) atoms. The van der Waals surface area contributed by atoms with Gasteiger partial charge < -0.3 is 5.32 Å². The summed E-state index contributed by atoms with van der Waals surface area (Å²) in [4.78, 5) is 42.3. The molecule has 0 aliphatic rings. The van der Waals surface area contributed by atoms with E-state index in [2.05, 4.69) is 38.8 Å². The number of pyridine rings is 1. The van der Waals surface area contributed by atoms with Crippen molar-refractivity contribution in [3.63, 3.8) is 0 Å². The number of hydrogen-bond donors (Lipinski definition) is 1. The first kappa shape index (κ1) is 20.5. The number of carbonyl (C=O) groups excluding carboxylic acids is 2.